The Labute approximate surface area is 138 Å². The van der Waals surface area contributed by atoms with E-state index in [4.69, 9.17) is 19.3 Å². The summed E-state index contributed by atoms with van der Waals surface area (Å²) in [5.41, 5.74) is -3.56. The van der Waals surface area contributed by atoms with E-state index >= 15 is 0 Å². The molecule has 7 heteroatoms. The number of rotatable bonds is 1. The predicted molar refractivity (Wildman–Crippen MR) is 77.7 cm³/mol. The third-order valence-corrected chi connectivity index (χ3v) is 5.62. The van der Waals surface area contributed by atoms with Gasteiger partial charge in [0.05, 0.1) is 30.4 Å². The van der Waals surface area contributed by atoms with Crippen LogP contribution in [-0.2, 0) is 9.47 Å². The number of fused-ring (bicyclic) bond motifs is 2. The molecule has 7 nitrogen and oxygen atoms in total. The minimum absolute atomic E-state index is 0.322. The summed E-state index contributed by atoms with van der Waals surface area (Å²) >= 11 is 0. The Hall–Kier alpha value is -2.82. The normalized spacial score (nSPS) is 39.0. The molecule has 3 saturated heterocycles. The maximum absolute atomic E-state index is 10.00. The van der Waals surface area contributed by atoms with E-state index in [9.17, 15) is 15.8 Å². The van der Waals surface area contributed by atoms with Gasteiger partial charge in [0.25, 0.3) is 0 Å². The Kier molecular flexibility index (Phi) is 2.83. The van der Waals surface area contributed by atoms with Crippen LogP contribution in [0.2, 0.25) is 0 Å². The molecule has 1 aromatic heterocycles. The fraction of sp³-hybridized carbons (Fsp3) is 0.529. The Morgan fingerprint density at radius 1 is 1.17 bits per heavy atom. The summed E-state index contributed by atoms with van der Waals surface area (Å²) in [5.74, 6) is -1.85. The fourth-order valence-electron chi connectivity index (χ4n) is 4.54. The maximum atomic E-state index is 10.00. The highest BCUT2D eigenvalue weighted by atomic mass is 16.7. The standard InChI is InChI=1S/C17H14N4O3/c18-8-15(9-19)12-5-1-2-6-17(12)23-13(11-4-3-7-22-11)16(15,10-20)14(21)24-17/h3-4,7,12-13,21H,1-2,5-6H2. The van der Waals surface area contributed by atoms with Crippen LogP contribution in [-0.4, -0.2) is 11.7 Å². The molecule has 2 bridgehead atoms. The molecule has 4 heterocycles. The highest BCUT2D eigenvalue weighted by Gasteiger charge is 2.80. The summed E-state index contributed by atoms with van der Waals surface area (Å²) in [6.07, 6.45) is 3.07. The molecule has 1 aliphatic carbocycles. The lowest BCUT2D eigenvalue weighted by Gasteiger charge is -2.63. The molecule has 0 amide bonds. The van der Waals surface area contributed by atoms with E-state index in [0.29, 0.717) is 18.6 Å². The first kappa shape index (κ1) is 14.8. The zero-order valence-electron chi connectivity index (χ0n) is 12.8. The van der Waals surface area contributed by atoms with E-state index in [1.165, 1.54) is 6.26 Å². The van der Waals surface area contributed by atoms with Crippen molar-refractivity contribution in [3.05, 3.63) is 24.2 Å². The largest absolute Gasteiger partial charge is 0.467 e. The first-order chi connectivity index (χ1) is 11.6. The molecule has 4 aliphatic rings. The van der Waals surface area contributed by atoms with E-state index in [2.05, 4.69) is 12.1 Å². The van der Waals surface area contributed by atoms with Crippen molar-refractivity contribution in [1.82, 2.24) is 0 Å². The minimum atomic E-state index is -1.85. The van der Waals surface area contributed by atoms with Crippen molar-refractivity contribution >= 4 is 5.90 Å². The average Bonchev–Trinajstić information content (AvgIpc) is 3.14. The van der Waals surface area contributed by atoms with Crippen LogP contribution in [0.3, 0.4) is 0 Å². The molecule has 24 heavy (non-hydrogen) atoms. The number of hydrogen-bond acceptors (Lipinski definition) is 7. The van der Waals surface area contributed by atoms with Gasteiger partial charge in [0.1, 0.15) is 11.9 Å². The second-order valence-electron chi connectivity index (χ2n) is 6.51. The molecule has 0 aromatic carbocycles. The van der Waals surface area contributed by atoms with Gasteiger partial charge < -0.3 is 13.9 Å². The molecule has 4 atom stereocenters. The zero-order valence-corrected chi connectivity index (χ0v) is 12.8. The van der Waals surface area contributed by atoms with E-state index in [1.807, 2.05) is 6.07 Å². The third-order valence-electron chi connectivity index (χ3n) is 5.62. The van der Waals surface area contributed by atoms with Crippen molar-refractivity contribution in [2.75, 3.05) is 0 Å². The average molecular weight is 322 g/mol. The van der Waals surface area contributed by atoms with Gasteiger partial charge in [-0.1, -0.05) is 6.42 Å². The summed E-state index contributed by atoms with van der Waals surface area (Å²) in [4.78, 5) is 0. The molecule has 1 saturated carbocycles. The summed E-state index contributed by atoms with van der Waals surface area (Å²) in [5, 5.41) is 38.3. The quantitative estimate of drug-likeness (QED) is 0.846. The summed E-state index contributed by atoms with van der Waals surface area (Å²) < 4.78 is 17.3. The van der Waals surface area contributed by atoms with Crippen LogP contribution >= 0.6 is 0 Å². The summed E-state index contributed by atoms with van der Waals surface area (Å²) in [6.45, 7) is 0. The predicted octanol–water partition coefficient (Wildman–Crippen LogP) is 2.79. The van der Waals surface area contributed by atoms with Gasteiger partial charge in [-0.2, -0.15) is 15.8 Å². The molecule has 1 N–H and O–H groups in total. The van der Waals surface area contributed by atoms with Crippen LogP contribution < -0.4 is 0 Å². The summed E-state index contributed by atoms with van der Waals surface area (Å²) in [7, 11) is 0. The van der Waals surface area contributed by atoms with Crippen LogP contribution in [0.4, 0.5) is 0 Å². The Morgan fingerprint density at radius 2 is 1.96 bits per heavy atom. The molecule has 3 aliphatic heterocycles. The van der Waals surface area contributed by atoms with Crippen LogP contribution in [0.15, 0.2) is 22.8 Å². The Morgan fingerprint density at radius 3 is 2.58 bits per heavy atom. The van der Waals surface area contributed by atoms with Crippen LogP contribution in [0.25, 0.3) is 0 Å². The lowest BCUT2D eigenvalue weighted by Crippen LogP contribution is -2.73. The van der Waals surface area contributed by atoms with E-state index < -0.39 is 28.6 Å². The van der Waals surface area contributed by atoms with Crippen molar-refractivity contribution < 1.29 is 13.9 Å². The third kappa shape index (κ3) is 1.36. The van der Waals surface area contributed by atoms with Crippen LogP contribution in [0.1, 0.15) is 37.5 Å². The number of nitrogens with zero attached hydrogens (tertiary/aromatic N) is 3. The molecule has 0 radical (unpaired) electrons. The van der Waals surface area contributed by atoms with Gasteiger partial charge in [-0.05, 0) is 25.0 Å². The Bertz CT molecular complexity index is 813. The molecule has 4 fully saturated rings. The number of ether oxygens (including phenoxy) is 2. The van der Waals surface area contributed by atoms with Crippen LogP contribution in [0, 0.1) is 56.2 Å². The first-order valence-corrected chi connectivity index (χ1v) is 7.83. The first-order valence-electron chi connectivity index (χ1n) is 7.83. The van der Waals surface area contributed by atoms with Crippen molar-refractivity contribution in [3.63, 3.8) is 0 Å². The Balaban J connectivity index is 2.03. The molecule has 5 rings (SSSR count). The summed E-state index contributed by atoms with van der Waals surface area (Å²) in [6, 6.07) is 9.47. The molecule has 1 spiro atoms. The van der Waals surface area contributed by atoms with Gasteiger partial charge in [-0.15, -0.1) is 0 Å². The van der Waals surface area contributed by atoms with Gasteiger partial charge in [0.2, 0.25) is 11.7 Å². The van der Waals surface area contributed by atoms with E-state index in [-0.39, 0.29) is 5.90 Å². The number of hydrogen-bond donors (Lipinski definition) is 1. The van der Waals surface area contributed by atoms with Gasteiger partial charge in [0, 0.05) is 6.42 Å². The SMILES string of the molecule is N#CC1(C#N)C2CCCCC23OC(=N)C1(C#N)C(c1ccco1)O3. The van der Waals surface area contributed by atoms with Gasteiger partial charge in [-0.3, -0.25) is 5.41 Å². The minimum Gasteiger partial charge on any atom is -0.467 e. The smallest absolute Gasteiger partial charge is 0.218 e. The molecule has 4 unspecified atom stereocenters. The van der Waals surface area contributed by atoms with Crippen molar-refractivity contribution in [2.24, 2.45) is 16.7 Å². The maximum Gasteiger partial charge on any atom is 0.218 e. The lowest BCUT2D eigenvalue weighted by molar-refractivity contribution is -0.363. The molecule has 120 valence electrons. The highest BCUT2D eigenvalue weighted by Crippen LogP contribution is 2.69. The molecular weight excluding hydrogens is 308 g/mol. The van der Waals surface area contributed by atoms with Crippen molar-refractivity contribution in [3.8, 4) is 18.2 Å². The van der Waals surface area contributed by atoms with Gasteiger partial charge in [-0.25, -0.2) is 0 Å². The van der Waals surface area contributed by atoms with Gasteiger partial charge >= 0.3 is 0 Å². The van der Waals surface area contributed by atoms with Crippen molar-refractivity contribution in [1.29, 1.82) is 21.2 Å². The second-order valence-corrected chi connectivity index (χ2v) is 6.51. The van der Waals surface area contributed by atoms with Crippen molar-refractivity contribution in [2.45, 2.75) is 37.6 Å². The molecular formula is C17H14N4O3. The van der Waals surface area contributed by atoms with E-state index in [0.717, 1.165) is 12.8 Å². The van der Waals surface area contributed by atoms with Crippen LogP contribution in [0.5, 0.6) is 0 Å². The highest BCUT2D eigenvalue weighted by molar-refractivity contribution is 5.88. The zero-order chi connectivity index (χ0) is 17.0. The number of nitriles is 3. The lowest BCUT2D eigenvalue weighted by atomic mass is 9.48. The van der Waals surface area contributed by atoms with Gasteiger partial charge in [0.15, 0.2) is 10.8 Å². The number of furan rings is 1. The number of nitrogens with one attached hydrogen (secondary N) is 1. The molecule has 1 aromatic rings. The second kappa shape index (κ2) is 4.60. The monoisotopic (exact) mass is 322 g/mol. The van der Waals surface area contributed by atoms with E-state index in [1.54, 1.807) is 12.1 Å². The fourth-order valence-corrected chi connectivity index (χ4v) is 4.54. The topological polar surface area (TPSA) is 127 Å².